The minimum absolute atomic E-state index is 0.167. The van der Waals surface area contributed by atoms with E-state index < -0.39 is 5.60 Å². The van der Waals surface area contributed by atoms with Crippen LogP contribution in [0.5, 0.6) is 0 Å². The lowest BCUT2D eigenvalue weighted by molar-refractivity contribution is 0.0265. The zero-order valence-corrected chi connectivity index (χ0v) is 19.7. The van der Waals surface area contributed by atoms with Gasteiger partial charge in [0.15, 0.2) is 0 Å². The summed E-state index contributed by atoms with van der Waals surface area (Å²) in [6.45, 7) is 13.9. The smallest absolute Gasteiger partial charge is 0.414 e. The molecule has 0 radical (unpaired) electrons. The van der Waals surface area contributed by atoms with Crippen LogP contribution in [0.3, 0.4) is 0 Å². The third-order valence-corrected chi connectivity index (χ3v) is 6.49. The molecule has 1 amide bonds. The number of carbonyl (C=O) groups is 1. The van der Waals surface area contributed by atoms with Gasteiger partial charge in [-0.15, -0.1) is 11.3 Å². The van der Waals surface area contributed by atoms with Crippen molar-refractivity contribution in [2.24, 2.45) is 11.8 Å². The van der Waals surface area contributed by atoms with Gasteiger partial charge in [-0.05, 0) is 66.5 Å². The third-order valence-electron chi connectivity index (χ3n) is 5.44. The second-order valence-corrected chi connectivity index (χ2v) is 10.8. The number of aromatic nitrogens is 1. The van der Waals surface area contributed by atoms with Crippen LogP contribution in [0.2, 0.25) is 0 Å². The molecule has 2 heterocycles. The van der Waals surface area contributed by atoms with E-state index in [4.69, 9.17) is 9.72 Å². The molecule has 5 nitrogen and oxygen atoms in total. The number of carbonyl (C=O) groups excluding carboxylic acids is 1. The lowest BCUT2D eigenvalue weighted by Crippen LogP contribution is -2.42. The van der Waals surface area contributed by atoms with Crippen LogP contribution >= 0.6 is 11.3 Å². The molecule has 0 aromatic carbocycles. The summed E-state index contributed by atoms with van der Waals surface area (Å²) in [5, 5.41) is 2.21. The summed E-state index contributed by atoms with van der Waals surface area (Å²) < 4.78 is 6.94. The number of allylic oxidation sites excluding steroid dienone is 2. The van der Waals surface area contributed by atoms with Gasteiger partial charge < -0.3 is 4.74 Å². The van der Waals surface area contributed by atoms with Gasteiger partial charge in [0.2, 0.25) is 0 Å². The molecule has 2 atom stereocenters. The average Bonchev–Trinajstić information content (AvgIpc) is 3.01. The zero-order valence-electron chi connectivity index (χ0n) is 18.9. The van der Waals surface area contributed by atoms with E-state index in [1.807, 2.05) is 25.7 Å². The van der Waals surface area contributed by atoms with Gasteiger partial charge in [-0.3, -0.25) is 9.80 Å². The SMILES string of the molecule is CC1CC=C(C2C=c3nc(CN(C)C(C)C)sc3=CC2)N(C(=O)OC(C)(C)C)C1. The van der Waals surface area contributed by atoms with Gasteiger partial charge in [0, 0.05) is 24.2 Å². The standard InChI is InChI=1S/C23H35N3O2S/c1-15(2)25(7)14-21-24-18-12-17(9-11-20(18)29-21)19-10-8-16(3)13-26(19)22(27)28-23(4,5)6/h10-12,15-17H,8-9,13-14H2,1-7H3. The number of hydrogen-bond acceptors (Lipinski definition) is 5. The van der Waals surface area contributed by atoms with Crippen molar-refractivity contribution in [1.82, 2.24) is 14.8 Å². The number of ether oxygens (including phenoxy) is 1. The number of nitrogens with zero attached hydrogens (tertiary/aromatic N) is 3. The number of rotatable bonds is 4. The number of amides is 1. The lowest BCUT2D eigenvalue weighted by atomic mass is 9.91. The van der Waals surface area contributed by atoms with Crippen LogP contribution in [0.4, 0.5) is 4.79 Å². The predicted molar refractivity (Wildman–Crippen MR) is 120 cm³/mol. The van der Waals surface area contributed by atoms with E-state index in [-0.39, 0.29) is 12.0 Å². The van der Waals surface area contributed by atoms with Gasteiger partial charge in [0.05, 0.1) is 16.4 Å². The fraction of sp³-hybridized carbons (Fsp3) is 0.652. The Kier molecular flexibility index (Phi) is 6.54. The summed E-state index contributed by atoms with van der Waals surface area (Å²) >= 11 is 1.78. The minimum Gasteiger partial charge on any atom is -0.443 e. The van der Waals surface area contributed by atoms with Crippen molar-refractivity contribution in [2.45, 2.75) is 72.6 Å². The van der Waals surface area contributed by atoms with Crippen LogP contribution < -0.4 is 9.88 Å². The quantitative estimate of drug-likeness (QED) is 0.749. The second kappa shape index (κ2) is 8.60. The van der Waals surface area contributed by atoms with Crippen molar-refractivity contribution in [3.63, 3.8) is 0 Å². The highest BCUT2D eigenvalue weighted by atomic mass is 32.1. The van der Waals surface area contributed by atoms with Crippen molar-refractivity contribution >= 4 is 29.6 Å². The van der Waals surface area contributed by atoms with E-state index in [0.717, 1.165) is 35.4 Å². The molecule has 29 heavy (non-hydrogen) atoms. The third kappa shape index (κ3) is 5.48. The monoisotopic (exact) mass is 417 g/mol. The number of hydrogen-bond donors (Lipinski definition) is 0. The molecule has 1 aliphatic heterocycles. The first kappa shape index (κ1) is 22.0. The number of fused-ring (bicyclic) bond motifs is 1. The van der Waals surface area contributed by atoms with Crippen molar-refractivity contribution in [3.8, 4) is 0 Å². The average molecular weight is 418 g/mol. The molecule has 3 rings (SSSR count). The molecule has 2 unspecified atom stereocenters. The van der Waals surface area contributed by atoms with E-state index in [2.05, 4.69) is 50.9 Å². The largest absolute Gasteiger partial charge is 0.443 e. The molecule has 2 aliphatic rings. The van der Waals surface area contributed by atoms with Gasteiger partial charge in [-0.2, -0.15) is 0 Å². The fourth-order valence-electron chi connectivity index (χ4n) is 3.59. The summed E-state index contributed by atoms with van der Waals surface area (Å²) in [5.74, 6) is 0.604. The Morgan fingerprint density at radius 2 is 2.07 bits per heavy atom. The highest BCUT2D eigenvalue weighted by Gasteiger charge is 2.32. The van der Waals surface area contributed by atoms with Crippen LogP contribution in [0, 0.1) is 11.8 Å². The first-order valence-corrected chi connectivity index (χ1v) is 11.4. The van der Waals surface area contributed by atoms with Crippen LogP contribution in [-0.4, -0.2) is 46.1 Å². The Morgan fingerprint density at radius 1 is 1.34 bits per heavy atom. The highest BCUT2D eigenvalue weighted by Crippen LogP contribution is 2.30. The predicted octanol–water partition coefficient (Wildman–Crippen LogP) is 3.73. The van der Waals surface area contributed by atoms with Crippen LogP contribution in [0.1, 0.15) is 59.4 Å². The molecular formula is C23H35N3O2S. The van der Waals surface area contributed by atoms with Crippen molar-refractivity contribution in [3.05, 3.63) is 26.7 Å². The summed E-state index contributed by atoms with van der Waals surface area (Å²) in [6, 6.07) is 0.494. The Labute approximate surface area is 178 Å². The van der Waals surface area contributed by atoms with E-state index in [1.165, 1.54) is 4.53 Å². The van der Waals surface area contributed by atoms with Crippen molar-refractivity contribution < 1.29 is 9.53 Å². The summed E-state index contributed by atoms with van der Waals surface area (Å²) in [4.78, 5) is 21.9. The number of thiazole rings is 1. The normalized spacial score (nSPS) is 22.1. The maximum Gasteiger partial charge on any atom is 0.414 e. The zero-order chi connectivity index (χ0) is 21.3. The van der Waals surface area contributed by atoms with Crippen molar-refractivity contribution in [2.75, 3.05) is 13.6 Å². The first-order chi connectivity index (χ1) is 13.5. The van der Waals surface area contributed by atoms with Gasteiger partial charge in [-0.25, -0.2) is 9.78 Å². The molecule has 1 aliphatic carbocycles. The van der Waals surface area contributed by atoms with E-state index >= 15 is 0 Å². The fourth-order valence-corrected chi connectivity index (χ4v) is 4.66. The molecule has 6 heteroatoms. The van der Waals surface area contributed by atoms with Gasteiger partial charge in [0.1, 0.15) is 10.6 Å². The molecular weight excluding hydrogens is 382 g/mol. The molecule has 0 N–H and O–H groups in total. The van der Waals surface area contributed by atoms with Crippen LogP contribution in [0.25, 0.3) is 12.2 Å². The molecule has 0 saturated carbocycles. The second-order valence-electron chi connectivity index (χ2n) is 9.64. The molecule has 0 spiro atoms. The molecule has 1 aromatic heterocycles. The van der Waals surface area contributed by atoms with Gasteiger partial charge in [-0.1, -0.05) is 19.1 Å². The van der Waals surface area contributed by atoms with Gasteiger partial charge >= 0.3 is 6.09 Å². The maximum atomic E-state index is 12.9. The lowest BCUT2D eigenvalue weighted by Gasteiger charge is -2.36. The Hall–Kier alpha value is -1.66. The van der Waals surface area contributed by atoms with E-state index in [0.29, 0.717) is 18.5 Å². The Morgan fingerprint density at radius 3 is 2.72 bits per heavy atom. The maximum absolute atomic E-state index is 12.9. The Balaban J connectivity index is 1.84. The summed E-state index contributed by atoms with van der Waals surface area (Å²) in [5.41, 5.74) is 0.568. The molecule has 1 aromatic rings. The molecule has 0 fully saturated rings. The summed E-state index contributed by atoms with van der Waals surface area (Å²) in [7, 11) is 2.13. The molecule has 160 valence electrons. The molecule has 0 bridgehead atoms. The summed E-state index contributed by atoms with van der Waals surface area (Å²) in [6.07, 6.45) is 8.39. The first-order valence-electron chi connectivity index (χ1n) is 10.6. The van der Waals surface area contributed by atoms with Crippen LogP contribution in [-0.2, 0) is 11.3 Å². The minimum atomic E-state index is -0.495. The Bertz CT molecular complexity index is 894. The van der Waals surface area contributed by atoms with Gasteiger partial charge in [0.25, 0.3) is 0 Å². The molecule has 0 saturated heterocycles. The van der Waals surface area contributed by atoms with Crippen molar-refractivity contribution in [1.29, 1.82) is 0 Å². The topological polar surface area (TPSA) is 45.7 Å². The van der Waals surface area contributed by atoms with Crippen LogP contribution in [0.15, 0.2) is 11.8 Å². The highest BCUT2D eigenvalue weighted by molar-refractivity contribution is 7.09. The van der Waals surface area contributed by atoms with E-state index in [1.54, 1.807) is 11.3 Å². The van der Waals surface area contributed by atoms with E-state index in [9.17, 15) is 4.79 Å².